The lowest BCUT2D eigenvalue weighted by atomic mass is 9.80. The second kappa shape index (κ2) is 5.16. The van der Waals surface area contributed by atoms with Crippen LogP contribution in [0.2, 0.25) is 0 Å². The Bertz CT molecular complexity index is 853. The summed E-state index contributed by atoms with van der Waals surface area (Å²) in [4.78, 5) is 8.87. The van der Waals surface area contributed by atoms with Crippen molar-refractivity contribution in [2.24, 2.45) is 0 Å². The number of aromatic nitrogens is 2. The lowest BCUT2D eigenvalue weighted by Crippen LogP contribution is -2.08. The van der Waals surface area contributed by atoms with Gasteiger partial charge in [0, 0.05) is 10.9 Å². The van der Waals surface area contributed by atoms with E-state index in [0.717, 1.165) is 27.7 Å². The Balaban J connectivity index is 1.87. The second-order valence-electron chi connectivity index (χ2n) is 6.09. The molecule has 0 atom stereocenters. The molecule has 0 unspecified atom stereocenters. The lowest BCUT2D eigenvalue weighted by Gasteiger charge is -2.26. The van der Waals surface area contributed by atoms with Crippen molar-refractivity contribution in [1.82, 2.24) is 9.97 Å². The average molecular weight is 292 g/mol. The van der Waals surface area contributed by atoms with Crippen LogP contribution in [0.15, 0.2) is 42.7 Å². The van der Waals surface area contributed by atoms with Gasteiger partial charge in [0.1, 0.15) is 12.1 Å². The summed E-state index contributed by atoms with van der Waals surface area (Å²) in [6, 6.07) is 11.3. The highest BCUT2D eigenvalue weighted by molar-refractivity contribution is 5.93. The third kappa shape index (κ3) is 2.17. The largest absolute Gasteiger partial charge is 0.236 e. The molecule has 0 amide bonds. The fourth-order valence-electron chi connectivity index (χ4n) is 3.18. The first-order chi connectivity index (χ1) is 10.7. The maximum atomic E-state index is 13.3. The van der Waals surface area contributed by atoms with Gasteiger partial charge in [0.2, 0.25) is 0 Å². The van der Waals surface area contributed by atoms with Crippen molar-refractivity contribution < 1.29 is 4.39 Å². The summed E-state index contributed by atoms with van der Waals surface area (Å²) < 4.78 is 13.3. The van der Waals surface area contributed by atoms with Crippen LogP contribution in [0.1, 0.15) is 36.3 Å². The molecule has 0 spiro atoms. The molecule has 1 fully saturated rings. The predicted octanol–water partition coefficient (Wildman–Crippen LogP) is 5.01. The number of nitrogens with zero attached hydrogens (tertiary/aromatic N) is 2. The van der Waals surface area contributed by atoms with Gasteiger partial charge < -0.3 is 0 Å². The molecule has 22 heavy (non-hydrogen) atoms. The second-order valence-corrected chi connectivity index (χ2v) is 6.09. The van der Waals surface area contributed by atoms with Crippen molar-refractivity contribution in [2.75, 3.05) is 0 Å². The molecule has 4 rings (SSSR count). The summed E-state index contributed by atoms with van der Waals surface area (Å²) in [7, 11) is 0. The van der Waals surface area contributed by atoms with E-state index in [4.69, 9.17) is 0 Å². The maximum absolute atomic E-state index is 13.3. The lowest BCUT2D eigenvalue weighted by molar-refractivity contribution is 0.420. The monoisotopic (exact) mass is 292 g/mol. The highest BCUT2D eigenvalue weighted by Crippen LogP contribution is 2.38. The standard InChI is InChI=1S/C19H17FN2/c1-12-9-15(20)6-8-16(12)19-17-7-5-14(13-3-2-4-13)10-18(17)21-11-22-19/h5-11,13H,2-4H2,1H3. The highest BCUT2D eigenvalue weighted by atomic mass is 19.1. The molecule has 0 radical (unpaired) electrons. The molecular weight excluding hydrogens is 275 g/mol. The van der Waals surface area contributed by atoms with E-state index in [-0.39, 0.29) is 5.82 Å². The van der Waals surface area contributed by atoms with E-state index in [1.165, 1.54) is 30.9 Å². The van der Waals surface area contributed by atoms with Gasteiger partial charge in [-0.3, -0.25) is 0 Å². The first-order valence-electron chi connectivity index (χ1n) is 7.73. The van der Waals surface area contributed by atoms with Gasteiger partial charge in [0.25, 0.3) is 0 Å². The topological polar surface area (TPSA) is 25.8 Å². The summed E-state index contributed by atoms with van der Waals surface area (Å²) in [6.45, 7) is 1.91. The Hall–Kier alpha value is -2.29. The van der Waals surface area contributed by atoms with E-state index in [2.05, 4.69) is 28.2 Å². The van der Waals surface area contributed by atoms with Crippen LogP contribution in [0.25, 0.3) is 22.2 Å². The van der Waals surface area contributed by atoms with Crippen LogP contribution in [0.5, 0.6) is 0 Å². The zero-order valence-corrected chi connectivity index (χ0v) is 12.5. The predicted molar refractivity (Wildman–Crippen MR) is 86.3 cm³/mol. The van der Waals surface area contributed by atoms with E-state index < -0.39 is 0 Å². The molecule has 110 valence electrons. The number of rotatable bonds is 2. The van der Waals surface area contributed by atoms with Crippen LogP contribution in [0.3, 0.4) is 0 Å². The Kier molecular flexibility index (Phi) is 3.14. The van der Waals surface area contributed by atoms with E-state index in [1.54, 1.807) is 18.5 Å². The quantitative estimate of drug-likeness (QED) is 0.663. The van der Waals surface area contributed by atoms with Gasteiger partial charge in [0.05, 0.1) is 11.2 Å². The molecule has 1 saturated carbocycles. The number of aryl methyl sites for hydroxylation is 1. The van der Waals surface area contributed by atoms with E-state index >= 15 is 0 Å². The fourth-order valence-corrected chi connectivity index (χ4v) is 3.18. The molecule has 2 aromatic carbocycles. The Morgan fingerprint density at radius 3 is 2.64 bits per heavy atom. The van der Waals surface area contributed by atoms with Gasteiger partial charge in [-0.05, 0) is 61.1 Å². The first-order valence-corrected chi connectivity index (χ1v) is 7.73. The minimum Gasteiger partial charge on any atom is -0.236 e. The molecule has 0 N–H and O–H groups in total. The van der Waals surface area contributed by atoms with Crippen LogP contribution in [0.4, 0.5) is 4.39 Å². The Morgan fingerprint density at radius 2 is 1.91 bits per heavy atom. The summed E-state index contributed by atoms with van der Waals surface area (Å²) in [5, 5.41) is 1.03. The zero-order chi connectivity index (χ0) is 15.1. The molecule has 3 aromatic rings. The van der Waals surface area contributed by atoms with E-state index in [1.807, 2.05) is 6.92 Å². The summed E-state index contributed by atoms with van der Waals surface area (Å²) in [6.07, 6.45) is 5.48. The van der Waals surface area contributed by atoms with Crippen molar-refractivity contribution in [3.8, 4) is 11.3 Å². The molecule has 1 heterocycles. The van der Waals surface area contributed by atoms with Gasteiger partial charge in [-0.25, -0.2) is 14.4 Å². The molecule has 0 bridgehead atoms. The van der Waals surface area contributed by atoms with Crippen molar-refractivity contribution >= 4 is 10.9 Å². The van der Waals surface area contributed by atoms with Gasteiger partial charge in [0.15, 0.2) is 0 Å². The van der Waals surface area contributed by atoms with Crippen molar-refractivity contribution in [2.45, 2.75) is 32.1 Å². The minimum atomic E-state index is -0.216. The summed E-state index contributed by atoms with van der Waals surface area (Å²) >= 11 is 0. The Labute approximate surface area is 129 Å². The van der Waals surface area contributed by atoms with Crippen molar-refractivity contribution in [3.63, 3.8) is 0 Å². The number of benzene rings is 2. The van der Waals surface area contributed by atoms with E-state index in [9.17, 15) is 4.39 Å². The van der Waals surface area contributed by atoms with Gasteiger partial charge in [-0.2, -0.15) is 0 Å². The smallest absolute Gasteiger partial charge is 0.123 e. The molecule has 3 heteroatoms. The summed E-state index contributed by atoms with van der Waals surface area (Å²) in [5.41, 5.74) is 5.08. The summed E-state index contributed by atoms with van der Waals surface area (Å²) in [5.74, 6) is 0.474. The highest BCUT2D eigenvalue weighted by Gasteiger charge is 2.20. The average Bonchev–Trinajstić information content (AvgIpc) is 2.45. The number of halogens is 1. The van der Waals surface area contributed by atoms with Crippen molar-refractivity contribution in [3.05, 3.63) is 59.7 Å². The molecule has 2 nitrogen and oxygen atoms in total. The van der Waals surface area contributed by atoms with E-state index in [0.29, 0.717) is 5.92 Å². The van der Waals surface area contributed by atoms with Crippen molar-refractivity contribution in [1.29, 1.82) is 0 Å². The third-order valence-corrected chi connectivity index (χ3v) is 4.68. The SMILES string of the molecule is Cc1cc(F)ccc1-c1ncnc2cc(C3CCC3)ccc12. The number of fused-ring (bicyclic) bond motifs is 1. The van der Waals surface area contributed by atoms with Crippen LogP contribution >= 0.6 is 0 Å². The fraction of sp³-hybridized carbons (Fsp3) is 0.263. The molecule has 1 aromatic heterocycles. The van der Waals surface area contributed by atoms with Gasteiger partial charge in [-0.1, -0.05) is 18.6 Å². The molecular formula is C19H17FN2. The number of hydrogen-bond acceptors (Lipinski definition) is 2. The van der Waals surface area contributed by atoms with Gasteiger partial charge in [-0.15, -0.1) is 0 Å². The van der Waals surface area contributed by atoms with Crippen LogP contribution < -0.4 is 0 Å². The number of hydrogen-bond donors (Lipinski definition) is 0. The zero-order valence-electron chi connectivity index (χ0n) is 12.5. The third-order valence-electron chi connectivity index (χ3n) is 4.68. The molecule has 1 aliphatic rings. The maximum Gasteiger partial charge on any atom is 0.123 e. The first kappa shape index (κ1) is 13.4. The molecule has 0 aliphatic heterocycles. The Morgan fingerprint density at radius 1 is 1.05 bits per heavy atom. The molecule has 1 aliphatic carbocycles. The molecule has 0 saturated heterocycles. The van der Waals surface area contributed by atoms with Gasteiger partial charge >= 0.3 is 0 Å². The van der Waals surface area contributed by atoms with Crippen LogP contribution in [-0.4, -0.2) is 9.97 Å². The minimum absolute atomic E-state index is 0.216. The van der Waals surface area contributed by atoms with Crippen LogP contribution in [0, 0.1) is 12.7 Å². The normalized spacial score (nSPS) is 15.0. The van der Waals surface area contributed by atoms with Crippen LogP contribution in [-0.2, 0) is 0 Å².